The second kappa shape index (κ2) is 7.29. The molecule has 0 saturated heterocycles. The van der Waals surface area contributed by atoms with E-state index in [0.29, 0.717) is 36.6 Å². The standard InChI is InChI=1S/C16H18F3N3O2/c1-3-23-13-6-5-11(8-14(13)24-4-2)22-12-7-10(16(17,18)19)9-21-15(12)20/h5-9,22H,3-4H2,1-2H3,(H2,20,21). The van der Waals surface area contributed by atoms with Crippen LogP contribution in [0.1, 0.15) is 19.4 Å². The molecule has 0 aliphatic carbocycles. The molecule has 1 aromatic carbocycles. The number of nitrogens with two attached hydrogens (primary N) is 1. The molecule has 2 aromatic rings. The number of anilines is 3. The zero-order valence-electron chi connectivity index (χ0n) is 13.3. The van der Waals surface area contributed by atoms with Crippen molar-refractivity contribution >= 4 is 17.2 Å². The highest BCUT2D eigenvalue weighted by molar-refractivity contribution is 5.71. The number of nitrogens with one attached hydrogen (secondary N) is 1. The lowest BCUT2D eigenvalue weighted by Gasteiger charge is -2.15. The molecule has 0 saturated carbocycles. The summed E-state index contributed by atoms with van der Waals surface area (Å²) in [6, 6.07) is 5.88. The number of nitrogens with zero attached hydrogens (tertiary/aromatic N) is 1. The largest absolute Gasteiger partial charge is 0.490 e. The topological polar surface area (TPSA) is 69.4 Å². The quantitative estimate of drug-likeness (QED) is 0.823. The second-order valence-electron chi connectivity index (χ2n) is 4.81. The second-order valence-corrected chi connectivity index (χ2v) is 4.81. The van der Waals surface area contributed by atoms with Crippen molar-refractivity contribution in [3.8, 4) is 11.5 Å². The third-order valence-corrected chi connectivity index (χ3v) is 3.07. The predicted octanol–water partition coefficient (Wildman–Crippen LogP) is 4.22. The molecule has 8 heteroatoms. The summed E-state index contributed by atoms with van der Waals surface area (Å²) in [5.41, 5.74) is 5.35. The van der Waals surface area contributed by atoms with E-state index in [-0.39, 0.29) is 11.5 Å². The van der Waals surface area contributed by atoms with Crippen LogP contribution in [0.5, 0.6) is 11.5 Å². The van der Waals surface area contributed by atoms with E-state index in [4.69, 9.17) is 15.2 Å². The van der Waals surface area contributed by atoms with E-state index >= 15 is 0 Å². The lowest BCUT2D eigenvalue weighted by Crippen LogP contribution is -2.08. The Labute approximate surface area is 137 Å². The molecule has 0 atom stereocenters. The van der Waals surface area contributed by atoms with Gasteiger partial charge in [0, 0.05) is 18.0 Å². The first kappa shape index (κ1) is 17.7. The molecule has 130 valence electrons. The van der Waals surface area contributed by atoms with Crippen LogP contribution in [-0.2, 0) is 6.18 Å². The van der Waals surface area contributed by atoms with Crippen molar-refractivity contribution in [3.63, 3.8) is 0 Å². The molecular weight excluding hydrogens is 323 g/mol. The van der Waals surface area contributed by atoms with Crippen molar-refractivity contribution in [2.75, 3.05) is 24.3 Å². The van der Waals surface area contributed by atoms with Crippen LogP contribution in [0.25, 0.3) is 0 Å². The first-order valence-corrected chi connectivity index (χ1v) is 7.34. The van der Waals surface area contributed by atoms with E-state index in [2.05, 4.69) is 10.3 Å². The summed E-state index contributed by atoms with van der Waals surface area (Å²) in [5, 5.41) is 2.83. The average molecular weight is 341 g/mol. The van der Waals surface area contributed by atoms with E-state index in [1.165, 1.54) is 0 Å². The number of pyridine rings is 1. The van der Waals surface area contributed by atoms with Crippen molar-refractivity contribution in [3.05, 3.63) is 36.0 Å². The predicted molar refractivity (Wildman–Crippen MR) is 85.7 cm³/mol. The molecule has 24 heavy (non-hydrogen) atoms. The molecule has 0 amide bonds. The highest BCUT2D eigenvalue weighted by Gasteiger charge is 2.31. The molecule has 0 aliphatic rings. The van der Waals surface area contributed by atoms with E-state index in [0.717, 1.165) is 6.07 Å². The van der Waals surface area contributed by atoms with Crippen LogP contribution in [0.15, 0.2) is 30.5 Å². The lowest BCUT2D eigenvalue weighted by molar-refractivity contribution is -0.137. The van der Waals surface area contributed by atoms with Gasteiger partial charge in [-0.25, -0.2) is 4.98 Å². The molecule has 1 aromatic heterocycles. The van der Waals surface area contributed by atoms with Crippen LogP contribution < -0.4 is 20.5 Å². The van der Waals surface area contributed by atoms with Crippen LogP contribution in [-0.4, -0.2) is 18.2 Å². The van der Waals surface area contributed by atoms with E-state index in [9.17, 15) is 13.2 Å². The van der Waals surface area contributed by atoms with Crippen molar-refractivity contribution in [1.29, 1.82) is 0 Å². The monoisotopic (exact) mass is 341 g/mol. The zero-order valence-corrected chi connectivity index (χ0v) is 13.3. The molecular formula is C16H18F3N3O2. The van der Waals surface area contributed by atoms with Crippen molar-refractivity contribution in [2.45, 2.75) is 20.0 Å². The van der Waals surface area contributed by atoms with Gasteiger partial charge in [0.05, 0.1) is 24.5 Å². The van der Waals surface area contributed by atoms with Gasteiger partial charge in [0.25, 0.3) is 0 Å². The Morgan fingerprint density at radius 1 is 1.08 bits per heavy atom. The number of halogens is 3. The normalized spacial score (nSPS) is 11.2. The Kier molecular flexibility index (Phi) is 5.38. The number of aromatic nitrogens is 1. The van der Waals surface area contributed by atoms with Crippen LogP contribution in [0.4, 0.5) is 30.4 Å². The van der Waals surface area contributed by atoms with Gasteiger partial charge in [0.2, 0.25) is 0 Å². The smallest absolute Gasteiger partial charge is 0.417 e. The van der Waals surface area contributed by atoms with Crippen LogP contribution >= 0.6 is 0 Å². The number of ether oxygens (including phenoxy) is 2. The summed E-state index contributed by atoms with van der Waals surface area (Å²) < 4.78 is 49.3. The Bertz CT molecular complexity index is 705. The van der Waals surface area contributed by atoms with Crippen molar-refractivity contribution in [2.24, 2.45) is 0 Å². The number of nitrogen functional groups attached to an aromatic ring is 1. The average Bonchev–Trinajstić information content (AvgIpc) is 2.51. The van der Waals surface area contributed by atoms with E-state index in [1.807, 2.05) is 13.8 Å². The van der Waals surface area contributed by atoms with Crippen LogP contribution in [0.3, 0.4) is 0 Å². The van der Waals surface area contributed by atoms with Gasteiger partial charge in [-0.15, -0.1) is 0 Å². The zero-order chi connectivity index (χ0) is 17.7. The fourth-order valence-electron chi connectivity index (χ4n) is 2.01. The number of benzene rings is 1. The molecule has 0 spiro atoms. The van der Waals surface area contributed by atoms with E-state index < -0.39 is 11.7 Å². The first-order valence-electron chi connectivity index (χ1n) is 7.34. The highest BCUT2D eigenvalue weighted by Crippen LogP contribution is 2.35. The van der Waals surface area contributed by atoms with Gasteiger partial charge >= 0.3 is 6.18 Å². The van der Waals surface area contributed by atoms with Crippen molar-refractivity contribution in [1.82, 2.24) is 4.98 Å². The summed E-state index contributed by atoms with van der Waals surface area (Å²) in [6.07, 6.45) is -3.79. The van der Waals surface area contributed by atoms with Crippen LogP contribution in [0, 0.1) is 0 Å². The molecule has 2 rings (SSSR count). The lowest BCUT2D eigenvalue weighted by atomic mass is 10.2. The minimum absolute atomic E-state index is 0.0326. The molecule has 0 radical (unpaired) electrons. The van der Waals surface area contributed by atoms with Crippen LogP contribution in [0.2, 0.25) is 0 Å². The summed E-state index contributed by atoms with van der Waals surface area (Å²) in [5.74, 6) is 1.01. The highest BCUT2D eigenvalue weighted by atomic mass is 19.4. The summed E-state index contributed by atoms with van der Waals surface area (Å²) >= 11 is 0. The molecule has 0 unspecified atom stereocenters. The minimum atomic E-state index is -4.49. The third-order valence-electron chi connectivity index (χ3n) is 3.07. The Hall–Kier alpha value is -2.64. The molecule has 5 nitrogen and oxygen atoms in total. The maximum absolute atomic E-state index is 12.8. The molecule has 3 N–H and O–H groups in total. The van der Waals surface area contributed by atoms with Gasteiger partial charge in [-0.05, 0) is 32.0 Å². The molecule has 0 fully saturated rings. The minimum Gasteiger partial charge on any atom is -0.490 e. The summed E-state index contributed by atoms with van der Waals surface area (Å²) in [4.78, 5) is 3.59. The van der Waals surface area contributed by atoms with Gasteiger partial charge in [-0.3, -0.25) is 0 Å². The summed E-state index contributed by atoms with van der Waals surface area (Å²) in [6.45, 7) is 4.57. The van der Waals surface area contributed by atoms with Gasteiger partial charge in [-0.1, -0.05) is 0 Å². The maximum Gasteiger partial charge on any atom is 0.417 e. The number of hydrogen-bond donors (Lipinski definition) is 2. The molecule has 0 bridgehead atoms. The SMILES string of the molecule is CCOc1ccc(Nc2cc(C(F)(F)F)cnc2N)cc1OCC. The number of alkyl halides is 3. The molecule has 0 aliphatic heterocycles. The Morgan fingerprint density at radius 3 is 2.38 bits per heavy atom. The van der Waals surface area contributed by atoms with E-state index in [1.54, 1.807) is 18.2 Å². The maximum atomic E-state index is 12.8. The fraction of sp³-hybridized carbons (Fsp3) is 0.312. The Balaban J connectivity index is 2.32. The Morgan fingerprint density at radius 2 is 1.75 bits per heavy atom. The summed E-state index contributed by atoms with van der Waals surface area (Å²) in [7, 11) is 0. The third kappa shape index (κ3) is 4.21. The molecule has 1 heterocycles. The van der Waals surface area contributed by atoms with Gasteiger partial charge in [-0.2, -0.15) is 13.2 Å². The van der Waals surface area contributed by atoms with Gasteiger partial charge in [0.1, 0.15) is 5.82 Å². The fourth-order valence-corrected chi connectivity index (χ4v) is 2.01. The number of rotatable bonds is 6. The first-order chi connectivity index (χ1) is 11.3. The number of hydrogen-bond acceptors (Lipinski definition) is 5. The van der Waals surface area contributed by atoms with Crippen molar-refractivity contribution < 1.29 is 22.6 Å². The van der Waals surface area contributed by atoms with Gasteiger partial charge < -0.3 is 20.5 Å². The van der Waals surface area contributed by atoms with Gasteiger partial charge in [0.15, 0.2) is 11.5 Å².